The van der Waals surface area contributed by atoms with Gasteiger partial charge in [0.15, 0.2) is 5.78 Å². The Bertz CT molecular complexity index is 472. The van der Waals surface area contributed by atoms with Crippen LogP contribution in [0.15, 0.2) is 30.3 Å². The van der Waals surface area contributed by atoms with Crippen molar-refractivity contribution in [3.05, 3.63) is 35.9 Å². The Morgan fingerprint density at radius 3 is 2.00 bits per heavy atom. The van der Waals surface area contributed by atoms with Gasteiger partial charge in [0.1, 0.15) is 5.92 Å². The van der Waals surface area contributed by atoms with Crippen LogP contribution in [-0.2, 0) is 19.7 Å². The van der Waals surface area contributed by atoms with Gasteiger partial charge in [0.05, 0.1) is 12.5 Å². The zero-order valence-corrected chi connectivity index (χ0v) is 13.7. The van der Waals surface area contributed by atoms with Gasteiger partial charge in [0.25, 0.3) is 0 Å². The maximum Gasteiger partial charge on any atom is 0.316 e. The first-order chi connectivity index (χ1) is 9.94. The highest BCUT2D eigenvalue weighted by atomic mass is 16.5. The van der Waals surface area contributed by atoms with Gasteiger partial charge in [-0.1, -0.05) is 58.0 Å². The Balaban J connectivity index is 3.33. The lowest BCUT2D eigenvalue weighted by atomic mass is 9.67. The van der Waals surface area contributed by atoms with Crippen molar-refractivity contribution in [2.24, 2.45) is 11.8 Å². The number of hydrogen-bond donors (Lipinski definition) is 0. The molecule has 3 heteroatoms. The molecule has 0 aliphatic carbocycles. The summed E-state index contributed by atoms with van der Waals surface area (Å²) in [5.41, 5.74) is 0.360. The van der Waals surface area contributed by atoms with Gasteiger partial charge < -0.3 is 4.74 Å². The zero-order valence-electron chi connectivity index (χ0n) is 13.7. The summed E-state index contributed by atoms with van der Waals surface area (Å²) >= 11 is 0. The van der Waals surface area contributed by atoms with Gasteiger partial charge >= 0.3 is 5.97 Å². The molecule has 0 aliphatic rings. The number of hydrogen-bond acceptors (Lipinski definition) is 3. The average Bonchev–Trinajstić information content (AvgIpc) is 2.49. The maximum atomic E-state index is 13.2. The van der Waals surface area contributed by atoms with E-state index in [-0.39, 0.29) is 11.7 Å². The number of carbonyl (C=O) groups excluding carboxylic acids is 2. The Labute approximate surface area is 127 Å². The van der Waals surface area contributed by atoms with E-state index >= 15 is 0 Å². The Morgan fingerprint density at radius 2 is 1.62 bits per heavy atom. The van der Waals surface area contributed by atoms with Crippen LogP contribution in [0.2, 0.25) is 0 Å². The second kappa shape index (κ2) is 7.39. The van der Waals surface area contributed by atoms with Crippen LogP contribution < -0.4 is 0 Å². The van der Waals surface area contributed by atoms with Crippen molar-refractivity contribution in [2.45, 2.75) is 46.0 Å². The number of ether oxygens (including phenoxy) is 1. The molecule has 21 heavy (non-hydrogen) atoms. The van der Waals surface area contributed by atoms with Crippen LogP contribution in [0, 0.1) is 11.8 Å². The second-order valence-corrected chi connectivity index (χ2v) is 5.76. The third-order valence-corrected chi connectivity index (χ3v) is 4.41. The quantitative estimate of drug-likeness (QED) is 0.567. The van der Waals surface area contributed by atoms with Gasteiger partial charge in [0, 0.05) is 0 Å². The molecule has 0 radical (unpaired) electrons. The number of benzene rings is 1. The molecule has 3 nitrogen and oxygen atoms in total. The van der Waals surface area contributed by atoms with Gasteiger partial charge in [-0.3, -0.25) is 9.59 Å². The van der Waals surface area contributed by atoms with E-state index in [4.69, 9.17) is 4.74 Å². The molecule has 1 aromatic carbocycles. The summed E-state index contributed by atoms with van der Waals surface area (Å²) in [5.74, 6) is -1.25. The van der Waals surface area contributed by atoms with Crippen LogP contribution in [-0.4, -0.2) is 18.9 Å². The SMILES string of the molecule is CCC(CC)(C(=O)C(C(=O)OC)C(C)C)c1ccccc1. The molecule has 0 aliphatic heterocycles. The molecule has 0 fully saturated rings. The van der Waals surface area contributed by atoms with Crippen molar-refractivity contribution >= 4 is 11.8 Å². The molecule has 1 unspecified atom stereocenters. The lowest BCUT2D eigenvalue weighted by Crippen LogP contribution is -2.44. The molecule has 0 spiro atoms. The van der Waals surface area contributed by atoms with Crippen LogP contribution >= 0.6 is 0 Å². The molecule has 0 N–H and O–H groups in total. The molecule has 1 atom stereocenters. The largest absolute Gasteiger partial charge is 0.468 e. The first-order valence-corrected chi connectivity index (χ1v) is 7.62. The molecular weight excluding hydrogens is 264 g/mol. The third-order valence-electron chi connectivity index (χ3n) is 4.41. The molecule has 116 valence electrons. The molecule has 1 rings (SSSR count). The predicted octanol–water partition coefficient (Wildman–Crippen LogP) is 3.76. The van der Waals surface area contributed by atoms with Gasteiger partial charge in [-0.15, -0.1) is 0 Å². The summed E-state index contributed by atoms with van der Waals surface area (Å²) < 4.78 is 4.86. The van der Waals surface area contributed by atoms with Crippen LogP contribution in [0.4, 0.5) is 0 Å². The minimum atomic E-state index is -0.713. The highest BCUT2D eigenvalue weighted by Crippen LogP contribution is 2.37. The van der Waals surface area contributed by atoms with E-state index in [1.54, 1.807) is 0 Å². The summed E-state index contributed by atoms with van der Waals surface area (Å²) in [6.45, 7) is 7.78. The van der Waals surface area contributed by atoms with E-state index in [0.29, 0.717) is 12.8 Å². The highest BCUT2D eigenvalue weighted by Gasteiger charge is 2.44. The van der Waals surface area contributed by atoms with Crippen molar-refractivity contribution < 1.29 is 14.3 Å². The smallest absolute Gasteiger partial charge is 0.316 e. The van der Waals surface area contributed by atoms with Gasteiger partial charge in [-0.05, 0) is 24.3 Å². The molecule has 0 amide bonds. The number of rotatable bonds is 7. The minimum Gasteiger partial charge on any atom is -0.468 e. The molecule has 0 saturated carbocycles. The van der Waals surface area contributed by atoms with E-state index < -0.39 is 17.3 Å². The average molecular weight is 290 g/mol. The molecule has 0 aromatic heterocycles. The lowest BCUT2D eigenvalue weighted by molar-refractivity contribution is -0.153. The second-order valence-electron chi connectivity index (χ2n) is 5.76. The number of carbonyl (C=O) groups is 2. The molecule has 1 aromatic rings. The number of Topliss-reactive ketones (excluding diaryl/α,β-unsaturated/α-hetero) is 1. The van der Waals surface area contributed by atoms with Gasteiger partial charge in [-0.2, -0.15) is 0 Å². The Kier molecular flexibility index (Phi) is 6.13. The standard InChI is InChI=1S/C18H26O3/c1-6-18(7-2,14-11-9-8-10-12-14)16(19)15(13(3)4)17(20)21-5/h8-13,15H,6-7H2,1-5H3. The fourth-order valence-corrected chi connectivity index (χ4v) is 3.01. The van der Waals surface area contributed by atoms with E-state index in [0.717, 1.165) is 5.56 Å². The van der Waals surface area contributed by atoms with Crippen molar-refractivity contribution in [3.8, 4) is 0 Å². The van der Waals surface area contributed by atoms with Crippen LogP contribution in [0.1, 0.15) is 46.1 Å². The molecular formula is C18H26O3. The summed E-state index contributed by atoms with van der Waals surface area (Å²) in [6, 6.07) is 9.75. The van der Waals surface area contributed by atoms with Crippen molar-refractivity contribution in [1.29, 1.82) is 0 Å². The summed E-state index contributed by atoms with van der Waals surface area (Å²) in [7, 11) is 1.34. The highest BCUT2D eigenvalue weighted by molar-refractivity contribution is 6.04. The first-order valence-electron chi connectivity index (χ1n) is 7.62. The van der Waals surface area contributed by atoms with E-state index in [1.807, 2.05) is 58.0 Å². The Morgan fingerprint density at radius 1 is 1.10 bits per heavy atom. The van der Waals surface area contributed by atoms with Crippen LogP contribution in [0.5, 0.6) is 0 Å². The van der Waals surface area contributed by atoms with Crippen LogP contribution in [0.3, 0.4) is 0 Å². The zero-order chi connectivity index (χ0) is 16.0. The number of ketones is 1. The minimum absolute atomic E-state index is 0.0273. The predicted molar refractivity (Wildman–Crippen MR) is 84.1 cm³/mol. The third kappa shape index (κ3) is 3.34. The number of esters is 1. The summed E-state index contributed by atoms with van der Waals surface area (Å²) in [5, 5.41) is 0. The normalized spacial score (nSPS) is 13.0. The lowest BCUT2D eigenvalue weighted by Gasteiger charge is -2.34. The van der Waals surface area contributed by atoms with Crippen molar-refractivity contribution in [2.75, 3.05) is 7.11 Å². The van der Waals surface area contributed by atoms with Crippen LogP contribution in [0.25, 0.3) is 0 Å². The summed E-state index contributed by atoms with van der Waals surface area (Å²) in [4.78, 5) is 25.2. The van der Waals surface area contributed by atoms with Crippen molar-refractivity contribution in [3.63, 3.8) is 0 Å². The van der Waals surface area contributed by atoms with E-state index in [1.165, 1.54) is 7.11 Å². The van der Waals surface area contributed by atoms with Gasteiger partial charge in [-0.25, -0.2) is 0 Å². The maximum absolute atomic E-state index is 13.2. The monoisotopic (exact) mass is 290 g/mol. The molecule has 0 bridgehead atoms. The first kappa shape index (κ1) is 17.4. The fourth-order valence-electron chi connectivity index (χ4n) is 3.01. The fraction of sp³-hybridized carbons (Fsp3) is 0.556. The molecule has 0 saturated heterocycles. The number of methoxy groups -OCH3 is 1. The van der Waals surface area contributed by atoms with Crippen molar-refractivity contribution in [1.82, 2.24) is 0 Å². The van der Waals surface area contributed by atoms with E-state index in [2.05, 4.69) is 0 Å². The molecule has 0 heterocycles. The van der Waals surface area contributed by atoms with E-state index in [9.17, 15) is 9.59 Å². The van der Waals surface area contributed by atoms with Gasteiger partial charge in [0.2, 0.25) is 0 Å². The topological polar surface area (TPSA) is 43.4 Å². The summed E-state index contributed by atoms with van der Waals surface area (Å²) in [6.07, 6.45) is 1.35. The Hall–Kier alpha value is -1.64.